The lowest BCUT2D eigenvalue weighted by Gasteiger charge is -2.05. The van der Waals surface area contributed by atoms with E-state index in [4.69, 9.17) is 9.15 Å². The van der Waals surface area contributed by atoms with Gasteiger partial charge in [0.25, 0.3) is 5.22 Å². The van der Waals surface area contributed by atoms with Crippen LogP contribution in [0.3, 0.4) is 0 Å². The van der Waals surface area contributed by atoms with Gasteiger partial charge in [-0.3, -0.25) is 4.79 Å². The number of nitrogens with zero attached hydrogens (tertiary/aromatic N) is 2. The molecular formula is C23H18FN3O4S2. The molecule has 7 nitrogen and oxygen atoms in total. The van der Waals surface area contributed by atoms with Crippen molar-refractivity contribution >= 4 is 40.7 Å². The summed E-state index contributed by atoms with van der Waals surface area (Å²) in [5.41, 5.74) is 1.90. The summed E-state index contributed by atoms with van der Waals surface area (Å²) < 4.78 is 23.7. The Kier molecular flexibility index (Phi) is 7.16. The summed E-state index contributed by atoms with van der Waals surface area (Å²) >= 11 is 2.31. The summed E-state index contributed by atoms with van der Waals surface area (Å²) in [6.45, 7) is 1.96. The standard InChI is InChI=1S/C23H18FN3O4S2/c1-2-30-22(29)20-17(12-18(33-20)14-6-4-3-5-7-14)25-19(28)13-32-23-27-26-21(31-23)15-8-10-16(24)11-9-15/h3-12H,2,13H2,1H3,(H,25,28). The molecule has 0 saturated heterocycles. The van der Waals surface area contributed by atoms with Crippen molar-refractivity contribution < 1.29 is 23.1 Å². The minimum absolute atomic E-state index is 0.0101. The Labute approximate surface area is 197 Å². The third-order valence-electron chi connectivity index (χ3n) is 4.35. The average Bonchev–Trinajstić information content (AvgIpc) is 3.46. The molecule has 1 N–H and O–H groups in total. The normalized spacial score (nSPS) is 10.7. The highest BCUT2D eigenvalue weighted by atomic mass is 32.2. The highest BCUT2D eigenvalue weighted by Crippen LogP contribution is 2.35. The number of carbonyl (C=O) groups excluding carboxylic acids is 2. The van der Waals surface area contributed by atoms with Crippen LogP contribution in [0.25, 0.3) is 21.9 Å². The first-order chi connectivity index (χ1) is 16.0. The fraction of sp³-hybridized carbons (Fsp3) is 0.130. The van der Waals surface area contributed by atoms with Crippen LogP contribution >= 0.6 is 23.1 Å². The lowest BCUT2D eigenvalue weighted by atomic mass is 10.2. The van der Waals surface area contributed by atoms with E-state index in [-0.39, 0.29) is 35.2 Å². The SMILES string of the molecule is CCOC(=O)c1sc(-c2ccccc2)cc1NC(=O)CSc1nnc(-c2ccc(F)cc2)o1. The number of thiophene rings is 1. The van der Waals surface area contributed by atoms with E-state index in [0.29, 0.717) is 16.1 Å². The predicted octanol–water partition coefficient (Wildman–Crippen LogP) is 5.51. The van der Waals surface area contributed by atoms with Crippen molar-refractivity contribution in [1.29, 1.82) is 0 Å². The fourth-order valence-electron chi connectivity index (χ4n) is 2.87. The number of carbonyl (C=O) groups is 2. The van der Waals surface area contributed by atoms with Gasteiger partial charge in [0.15, 0.2) is 0 Å². The van der Waals surface area contributed by atoms with E-state index in [1.165, 1.54) is 35.6 Å². The topological polar surface area (TPSA) is 94.3 Å². The molecule has 168 valence electrons. The van der Waals surface area contributed by atoms with Gasteiger partial charge in [-0.25, -0.2) is 9.18 Å². The summed E-state index contributed by atoms with van der Waals surface area (Å²) in [4.78, 5) is 26.1. The molecule has 2 aromatic heterocycles. The number of hydrogen-bond donors (Lipinski definition) is 1. The average molecular weight is 484 g/mol. The fourth-order valence-corrected chi connectivity index (χ4v) is 4.44. The number of anilines is 1. The first kappa shape index (κ1) is 22.7. The lowest BCUT2D eigenvalue weighted by molar-refractivity contribution is -0.113. The van der Waals surface area contributed by atoms with Crippen LogP contribution in [0, 0.1) is 5.82 Å². The number of nitrogens with one attached hydrogen (secondary N) is 1. The molecule has 0 atom stereocenters. The summed E-state index contributed by atoms with van der Waals surface area (Å²) in [5, 5.41) is 10.8. The van der Waals surface area contributed by atoms with Gasteiger partial charge in [0.2, 0.25) is 11.8 Å². The Morgan fingerprint density at radius 3 is 2.58 bits per heavy atom. The van der Waals surface area contributed by atoms with E-state index in [1.54, 1.807) is 13.0 Å². The zero-order valence-electron chi connectivity index (χ0n) is 17.4. The maximum Gasteiger partial charge on any atom is 0.350 e. The second-order valence-electron chi connectivity index (χ2n) is 6.66. The third-order valence-corrected chi connectivity index (χ3v) is 6.33. The number of hydrogen-bond acceptors (Lipinski definition) is 8. The van der Waals surface area contributed by atoms with Gasteiger partial charge in [0, 0.05) is 10.4 Å². The Morgan fingerprint density at radius 1 is 1.09 bits per heavy atom. The highest BCUT2D eigenvalue weighted by Gasteiger charge is 2.20. The molecule has 2 aromatic carbocycles. The number of aromatic nitrogens is 2. The van der Waals surface area contributed by atoms with Crippen LogP contribution in [-0.2, 0) is 9.53 Å². The second kappa shape index (κ2) is 10.4. The van der Waals surface area contributed by atoms with Crippen LogP contribution in [0.2, 0.25) is 0 Å². The minimum Gasteiger partial charge on any atom is -0.462 e. The molecule has 10 heteroatoms. The molecule has 0 unspecified atom stereocenters. The number of halogens is 1. The van der Waals surface area contributed by atoms with Gasteiger partial charge < -0.3 is 14.5 Å². The van der Waals surface area contributed by atoms with Crippen molar-refractivity contribution in [2.24, 2.45) is 0 Å². The molecule has 0 spiro atoms. The molecule has 0 fully saturated rings. The number of rotatable bonds is 8. The zero-order valence-corrected chi connectivity index (χ0v) is 19.0. The van der Waals surface area contributed by atoms with Crippen molar-refractivity contribution in [3.63, 3.8) is 0 Å². The molecule has 0 aliphatic carbocycles. The Balaban J connectivity index is 1.44. The van der Waals surface area contributed by atoms with E-state index >= 15 is 0 Å². The Hall–Kier alpha value is -3.50. The van der Waals surface area contributed by atoms with Gasteiger partial charge in [-0.1, -0.05) is 42.1 Å². The summed E-state index contributed by atoms with van der Waals surface area (Å²) in [7, 11) is 0. The first-order valence-electron chi connectivity index (χ1n) is 9.92. The number of benzene rings is 2. The van der Waals surface area contributed by atoms with E-state index < -0.39 is 5.97 Å². The number of thioether (sulfide) groups is 1. The number of amides is 1. The van der Waals surface area contributed by atoms with Crippen molar-refractivity contribution in [2.75, 3.05) is 17.7 Å². The van der Waals surface area contributed by atoms with Gasteiger partial charge in [-0.05, 0) is 42.8 Å². The minimum atomic E-state index is -0.492. The van der Waals surface area contributed by atoms with Crippen LogP contribution in [-0.4, -0.2) is 34.4 Å². The van der Waals surface area contributed by atoms with Crippen LogP contribution < -0.4 is 5.32 Å². The largest absolute Gasteiger partial charge is 0.462 e. The Morgan fingerprint density at radius 2 is 1.85 bits per heavy atom. The van der Waals surface area contributed by atoms with E-state index in [2.05, 4.69) is 15.5 Å². The highest BCUT2D eigenvalue weighted by molar-refractivity contribution is 7.99. The lowest BCUT2D eigenvalue weighted by Crippen LogP contribution is -2.16. The van der Waals surface area contributed by atoms with Gasteiger partial charge in [0.05, 0.1) is 18.0 Å². The van der Waals surface area contributed by atoms with Crippen molar-refractivity contribution in [2.45, 2.75) is 12.1 Å². The van der Waals surface area contributed by atoms with Crippen LogP contribution in [0.15, 0.2) is 70.3 Å². The monoisotopic (exact) mass is 483 g/mol. The van der Waals surface area contributed by atoms with E-state index in [0.717, 1.165) is 22.2 Å². The summed E-state index contributed by atoms with van der Waals surface area (Å²) in [6.07, 6.45) is 0. The van der Waals surface area contributed by atoms with Crippen LogP contribution in [0.4, 0.5) is 10.1 Å². The molecule has 0 bridgehead atoms. The Bertz CT molecular complexity index is 1260. The molecule has 4 rings (SSSR count). The first-order valence-corrected chi connectivity index (χ1v) is 11.7. The molecule has 0 aliphatic rings. The van der Waals surface area contributed by atoms with Crippen LogP contribution in [0.5, 0.6) is 0 Å². The number of esters is 1. The maximum absolute atomic E-state index is 13.1. The third kappa shape index (κ3) is 5.65. The van der Waals surface area contributed by atoms with Crippen LogP contribution in [0.1, 0.15) is 16.6 Å². The predicted molar refractivity (Wildman–Crippen MR) is 125 cm³/mol. The molecule has 0 aliphatic heterocycles. The molecule has 2 heterocycles. The van der Waals surface area contributed by atoms with Crippen molar-refractivity contribution in [3.05, 3.63) is 71.4 Å². The molecular weight excluding hydrogens is 465 g/mol. The van der Waals surface area contributed by atoms with Gasteiger partial charge in [0.1, 0.15) is 10.7 Å². The van der Waals surface area contributed by atoms with Crippen molar-refractivity contribution in [3.8, 4) is 21.9 Å². The van der Waals surface area contributed by atoms with Crippen molar-refractivity contribution in [1.82, 2.24) is 10.2 Å². The van der Waals surface area contributed by atoms with E-state index in [1.807, 2.05) is 30.3 Å². The summed E-state index contributed by atoms with van der Waals surface area (Å²) in [5.74, 6) is -0.981. The van der Waals surface area contributed by atoms with Gasteiger partial charge >= 0.3 is 5.97 Å². The second-order valence-corrected chi connectivity index (χ2v) is 8.64. The van der Waals surface area contributed by atoms with Gasteiger partial charge in [-0.2, -0.15) is 0 Å². The molecule has 0 saturated carbocycles. The zero-order chi connectivity index (χ0) is 23.2. The quantitative estimate of drug-likeness (QED) is 0.261. The number of ether oxygens (including phenoxy) is 1. The molecule has 1 amide bonds. The molecule has 0 radical (unpaired) electrons. The van der Waals surface area contributed by atoms with Gasteiger partial charge in [-0.15, -0.1) is 21.5 Å². The molecule has 33 heavy (non-hydrogen) atoms. The van der Waals surface area contributed by atoms with E-state index in [9.17, 15) is 14.0 Å². The smallest absolute Gasteiger partial charge is 0.350 e. The molecule has 4 aromatic rings. The maximum atomic E-state index is 13.1. The summed E-state index contributed by atoms with van der Waals surface area (Å²) in [6, 6.07) is 17.0.